The minimum absolute atomic E-state index is 0.00659. The number of halogens is 1. The van der Waals surface area contributed by atoms with Gasteiger partial charge in [0, 0.05) is 5.56 Å². The molecular formula is C19H15FN2O3. The molecule has 0 N–H and O–H groups in total. The highest BCUT2D eigenvalue weighted by atomic mass is 19.1. The highest BCUT2D eigenvalue weighted by Gasteiger charge is 2.59. The third-order valence-corrected chi connectivity index (χ3v) is 4.64. The molecule has 126 valence electrons. The van der Waals surface area contributed by atoms with Gasteiger partial charge in [-0.05, 0) is 31.2 Å². The summed E-state index contributed by atoms with van der Waals surface area (Å²) in [7, 11) is 0. The molecule has 0 aliphatic carbocycles. The van der Waals surface area contributed by atoms with Crippen LogP contribution in [0.4, 0.5) is 10.1 Å². The van der Waals surface area contributed by atoms with Gasteiger partial charge >= 0.3 is 0 Å². The lowest BCUT2D eigenvalue weighted by molar-refractivity contribution is -0.124. The zero-order valence-corrected chi connectivity index (χ0v) is 13.5. The van der Waals surface area contributed by atoms with E-state index < -0.39 is 5.41 Å². The molecule has 1 spiro atoms. The lowest BCUT2D eigenvalue weighted by atomic mass is 9.79. The number of hydrogen-bond donors (Lipinski definition) is 0. The molecule has 1 fully saturated rings. The Morgan fingerprint density at radius 2 is 1.76 bits per heavy atom. The normalized spacial score (nSPS) is 22.5. The van der Waals surface area contributed by atoms with Gasteiger partial charge in [-0.1, -0.05) is 35.0 Å². The highest BCUT2D eigenvalue weighted by Crippen LogP contribution is 2.42. The monoisotopic (exact) mass is 338 g/mol. The number of amides is 2. The van der Waals surface area contributed by atoms with Gasteiger partial charge in [0.15, 0.2) is 0 Å². The van der Waals surface area contributed by atoms with Crippen LogP contribution in [-0.2, 0) is 14.4 Å². The molecule has 0 radical (unpaired) electrons. The van der Waals surface area contributed by atoms with E-state index in [9.17, 15) is 14.0 Å². The third kappa shape index (κ3) is 2.33. The number of rotatable bonds is 2. The van der Waals surface area contributed by atoms with Gasteiger partial charge in [0.2, 0.25) is 11.8 Å². The smallest absolute Gasteiger partial charge is 0.250 e. The molecule has 0 aromatic heterocycles. The number of carbonyl (C=O) groups is 2. The summed E-state index contributed by atoms with van der Waals surface area (Å²) in [5.74, 6) is -1.04. The van der Waals surface area contributed by atoms with Crippen LogP contribution in [0.15, 0.2) is 53.7 Å². The number of aryl methyl sites for hydroxylation is 1. The number of imide groups is 1. The van der Waals surface area contributed by atoms with Gasteiger partial charge in [0.1, 0.15) is 23.6 Å². The van der Waals surface area contributed by atoms with Gasteiger partial charge in [-0.15, -0.1) is 0 Å². The van der Waals surface area contributed by atoms with Crippen molar-refractivity contribution in [2.24, 2.45) is 10.6 Å². The Morgan fingerprint density at radius 3 is 2.44 bits per heavy atom. The van der Waals surface area contributed by atoms with Crippen LogP contribution in [0.25, 0.3) is 0 Å². The summed E-state index contributed by atoms with van der Waals surface area (Å²) in [5, 5.41) is 3.99. The van der Waals surface area contributed by atoms with Crippen LogP contribution in [0.2, 0.25) is 0 Å². The van der Waals surface area contributed by atoms with E-state index in [1.54, 1.807) is 12.1 Å². The van der Waals surface area contributed by atoms with Crippen LogP contribution < -0.4 is 4.90 Å². The average molecular weight is 338 g/mol. The fourth-order valence-corrected chi connectivity index (χ4v) is 3.29. The maximum absolute atomic E-state index is 13.2. The summed E-state index contributed by atoms with van der Waals surface area (Å²) >= 11 is 0. The second kappa shape index (κ2) is 5.51. The maximum atomic E-state index is 13.2. The van der Waals surface area contributed by atoms with Crippen molar-refractivity contribution in [2.75, 3.05) is 11.5 Å². The van der Waals surface area contributed by atoms with Crippen molar-refractivity contribution in [1.29, 1.82) is 0 Å². The predicted molar refractivity (Wildman–Crippen MR) is 89.6 cm³/mol. The van der Waals surface area contributed by atoms with E-state index in [1.165, 1.54) is 29.2 Å². The van der Waals surface area contributed by atoms with Crippen LogP contribution in [0, 0.1) is 18.2 Å². The van der Waals surface area contributed by atoms with Gasteiger partial charge in [0.05, 0.1) is 12.1 Å². The van der Waals surface area contributed by atoms with Crippen molar-refractivity contribution < 1.29 is 18.8 Å². The van der Waals surface area contributed by atoms with Gasteiger partial charge in [-0.25, -0.2) is 9.29 Å². The number of hydrogen-bond acceptors (Lipinski definition) is 4. The topological polar surface area (TPSA) is 59.0 Å². The van der Waals surface area contributed by atoms with Crippen LogP contribution >= 0.6 is 0 Å². The fraction of sp³-hybridized carbons (Fsp3) is 0.211. The van der Waals surface area contributed by atoms with Crippen LogP contribution in [-0.4, -0.2) is 24.1 Å². The van der Waals surface area contributed by atoms with E-state index in [4.69, 9.17) is 4.84 Å². The number of benzene rings is 2. The van der Waals surface area contributed by atoms with Crippen LogP contribution in [0.1, 0.15) is 17.5 Å². The molecular weight excluding hydrogens is 323 g/mol. The zero-order chi connectivity index (χ0) is 17.6. The fourth-order valence-electron chi connectivity index (χ4n) is 3.29. The Bertz CT molecular complexity index is 890. The van der Waals surface area contributed by atoms with Crippen LogP contribution in [0.5, 0.6) is 0 Å². The molecule has 2 heterocycles. The second-order valence-corrected chi connectivity index (χ2v) is 6.35. The summed E-state index contributed by atoms with van der Waals surface area (Å²) in [6.07, 6.45) is -0.0179. The first-order valence-corrected chi connectivity index (χ1v) is 7.92. The molecule has 0 unspecified atom stereocenters. The number of anilines is 1. The van der Waals surface area contributed by atoms with Gasteiger partial charge < -0.3 is 4.84 Å². The predicted octanol–water partition coefficient (Wildman–Crippen LogP) is 2.82. The average Bonchev–Trinajstić information content (AvgIpc) is 3.12. The van der Waals surface area contributed by atoms with Gasteiger partial charge in [-0.2, -0.15) is 0 Å². The van der Waals surface area contributed by atoms with E-state index in [-0.39, 0.29) is 30.7 Å². The van der Waals surface area contributed by atoms with Crippen molar-refractivity contribution in [3.05, 3.63) is 65.5 Å². The minimum atomic E-state index is -1.15. The molecule has 2 amide bonds. The summed E-state index contributed by atoms with van der Waals surface area (Å²) < 4.78 is 13.2. The van der Waals surface area contributed by atoms with E-state index >= 15 is 0 Å². The Labute approximate surface area is 143 Å². The van der Waals surface area contributed by atoms with E-state index in [0.717, 1.165) is 5.56 Å². The Morgan fingerprint density at radius 1 is 1.08 bits per heavy atom. The van der Waals surface area contributed by atoms with Crippen molar-refractivity contribution in [1.82, 2.24) is 0 Å². The van der Waals surface area contributed by atoms with Crippen molar-refractivity contribution in [3.8, 4) is 0 Å². The van der Waals surface area contributed by atoms with E-state index in [2.05, 4.69) is 5.16 Å². The molecule has 6 heteroatoms. The SMILES string of the molecule is Cc1ccc(N2C(=O)C[C@@]3(CON=C3c3ccc(F)cc3)C2=O)cc1. The van der Waals surface area contributed by atoms with E-state index in [1.807, 2.05) is 19.1 Å². The lowest BCUT2D eigenvalue weighted by Crippen LogP contribution is -2.41. The molecule has 25 heavy (non-hydrogen) atoms. The molecule has 1 atom stereocenters. The third-order valence-electron chi connectivity index (χ3n) is 4.64. The first-order chi connectivity index (χ1) is 12.0. The molecule has 2 aromatic rings. The number of nitrogens with zero attached hydrogens (tertiary/aromatic N) is 2. The van der Waals surface area contributed by atoms with Crippen molar-refractivity contribution in [2.45, 2.75) is 13.3 Å². The second-order valence-electron chi connectivity index (χ2n) is 6.35. The van der Waals surface area contributed by atoms with Gasteiger partial charge in [-0.3, -0.25) is 9.59 Å². The molecule has 1 saturated heterocycles. The quantitative estimate of drug-likeness (QED) is 0.791. The highest BCUT2D eigenvalue weighted by molar-refractivity contribution is 6.33. The Balaban J connectivity index is 1.74. The maximum Gasteiger partial charge on any atom is 0.250 e. The first kappa shape index (κ1) is 15.5. The number of carbonyl (C=O) groups excluding carboxylic acids is 2. The van der Waals surface area contributed by atoms with E-state index in [0.29, 0.717) is 17.0 Å². The summed E-state index contributed by atoms with van der Waals surface area (Å²) in [6.45, 7) is 1.94. The Kier molecular flexibility index (Phi) is 3.42. The van der Waals surface area contributed by atoms with Crippen LogP contribution in [0.3, 0.4) is 0 Å². The molecule has 2 aromatic carbocycles. The molecule has 2 aliphatic rings. The lowest BCUT2D eigenvalue weighted by Gasteiger charge is -2.21. The standard InChI is InChI=1S/C19H15FN2O3/c1-12-2-8-15(9-3-12)22-16(23)10-19(18(22)24)11-25-21-17(19)13-4-6-14(20)7-5-13/h2-9H,10-11H2,1H3/t19-/m0/s1. The minimum Gasteiger partial charge on any atom is -0.394 e. The number of oxime groups is 1. The van der Waals surface area contributed by atoms with Crippen molar-refractivity contribution in [3.63, 3.8) is 0 Å². The molecule has 0 saturated carbocycles. The molecule has 0 bridgehead atoms. The van der Waals surface area contributed by atoms with Gasteiger partial charge in [0.25, 0.3) is 0 Å². The first-order valence-electron chi connectivity index (χ1n) is 7.92. The molecule has 5 nitrogen and oxygen atoms in total. The zero-order valence-electron chi connectivity index (χ0n) is 13.5. The van der Waals surface area contributed by atoms with Crippen molar-refractivity contribution >= 4 is 23.2 Å². The molecule has 2 aliphatic heterocycles. The largest absolute Gasteiger partial charge is 0.394 e. The summed E-state index contributed by atoms with van der Waals surface area (Å²) in [6, 6.07) is 12.9. The molecule has 4 rings (SSSR count). The summed E-state index contributed by atoms with van der Waals surface area (Å²) in [5.41, 5.74) is 1.37. The summed E-state index contributed by atoms with van der Waals surface area (Å²) in [4.78, 5) is 32.1. The Hall–Kier alpha value is -3.02.